The molecule has 3 fully saturated rings. The number of nitrogens with one attached hydrogen (secondary N) is 1. The largest absolute Gasteiger partial charge is 0.394 e. The van der Waals surface area contributed by atoms with Gasteiger partial charge in [-0.25, -0.2) is 4.39 Å². The SMILES string of the molecule is CC1(C)CCC2(CC1)C[C@@H](C(=O)C[C@H]1CO[C@H](CO)[C@@H](O)C1)[C@H](c1cccc(Cl)c1F)[C@]21C(=O)Nc2cc(Cl)ccc21. The van der Waals surface area contributed by atoms with Crippen LogP contribution in [-0.2, 0) is 19.7 Å². The van der Waals surface area contributed by atoms with Gasteiger partial charge in [-0.05, 0) is 84.6 Å². The number of fused-ring (bicyclic) bond motifs is 3. The lowest BCUT2D eigenvalue weighted by Crippen LogP contribution is -2.52. The van der Waals surface area contributed by atoms with Crippen LogP contribution in [0.25, 0.3) is 0 Å². The number of rotatable bonds is 5. The zero-order valence-corrected chi connectivity index (χ0v) is 25.5. The first-order valence-corrected chi connectivity index (χ1v) is 15.7. The smallest absolute Gasteiger partial charge is 0.236 e. The molecule has 4 aliphatic rings. The van der Waals surface area contributed by atoms with Gasteiger partial charge in [-0.2, -0.15) is 0 Å². The minimum atomic E-state index is -1.19. The molecule has 226 valence electrons. The van der Waals surface area contributed by atoms with Gasteiger partial charge in [0.05, 0.1) is 29.8 Å². The van der Waals surface area contributed by atoms with E-state index < -0.39 is 40.7 Å². The van der Waals surface area contributed by atoms with Gasteiger partial charge in [-0.15, -0.1) is 0 Å². The van der Waals surface area contributed by atoms with Crippen LogP contribution in [-0.4, -0.2) is 47.3 Å². The van der Waals surface area contributed by atoms with Crippen molar-refractivity contribution in [2.45, 2.75) is 82.3 Å². The lowest BCUT2D eigenvalue weighted by molar-refractivity contribution is -0.134. The van der Waals surface area contributed by atoms with Gasteiger partial charge < -0.3 is 20.3 Å². The van der Waals surface area contributed by atoms with E-state index in [0.29, 0.717) is 23.6 Å². The minimum absolute atomic E-state index is 0.0480. The second kappa shape index (κ2) is 10.8. The molecule has 0 aromatic heterocycles. The van der Waals surface area contributed by atoms with Crippen molar-refractivity contribution in [3.63, 3.8) is 0 Å². The Morgan fingerprint density at radius 1 is 1.14 bits per heavy atom. The molecule has 1 saturated heterocycles. The number of hydrogen-bond acceptors (Lipinski definition) is 5. The lowest BCUT2D eigenvalue weighted by Gasteiger charge is -2.51. The average molecular weight is 619 g/mol. The van der Waals surface area contributed by atoms with Gasteiger partial charge in [0.2, 0.25) is 5.91 Å². The highest BCUT2D eigenvalue weighted by molar-refractivity contribution is 6.31. The van der Waals surface area contributed by atoms with Crippen molar-refractivity contribution in [2.24, 2.45) is 22.7 Å². The van der Waals surface area contributed by atoms with Crippen LogP contribution in [0, 0.1) is 28.5 Å². The summed E-state index contributed by atoms with van der Waals surface area (Å²) in [6.45, 7) is 4.41. The Balaban J connectivity index is 1.51. The second-order valence-electron chi connectivity index (χ2n) is 13.7. The fourth-order valence-corrected chi connectivity index (χ4v) is 9.03. The molecule has 6 rings (SSSR count). The average Bonchev–Trinajstić information content (AvgIpc) is 3.40. The molecule has 9 heteroatoms. The van der Waals surface area contributed by atoms with Crippen LogP contribution in [0.1, 0.15) is 75.8 Å². The van der Waals surface area contributed by atoms with Gasteiger partial charge in [-0.3, -0.25) is 9.59 Å². The number of ether oxygens (including phenoxy) is 1. The normalized spacial score (nSPS) is 33.1. The van der Waals surface area contributed by atoms with E-state index in [1.54, 1.807) is 24.3 Å². The van der Waals surface area contributed by atoms with Gasteiger partial charge in [0.15, 0.2) is 0 Å². The van der Waals surface area contributed by atoms with Crippen LogP contribution in [0.5, 0.6) is 0 Å². The highest BCUT2D eigenvalue weighted by Gasteiger charge is 2.72. The highest BCUT2D eigenvalue weighted by atomic mass is 35.5. The predicted octanol–water partition coefficient (Wildman–Crippen LogP) is 6.43. The maximum absolute atomic E-state index is 16.1. The first-order valence-electron chi connectivity index (χ1n) is 14.9. The first kappa shape index (κ1) is 30.0. The molecule has 0 bridgehead atoms. The third kappa shape index (κ3) is 4.62. The van der Waals surface area contributed by atoms with Crippen LogP contribution in [0.4, 0.5) is 10.1 Å². The standard InChI is InChI=1S/C33H38Cl2FNO5/c1-31(2)8-10-32(11-9-31)15-21(25(39)12-18-13-26(40)27(16-38)42-17-18)28(20-4-3-5-23(35)29(20)36)33(32)22-7-6-19(34)14-24(22)37-30(33)41/h3-7,14,18,21,26-28,38,40H,8-13,15-17H2,1-2H3,(H,37,41)/t18-,21+,26+,27-,28+,33-/m1/s1. The molecule has 42 heavy (non-hydrogen) atoms. The van der Waals surface area contributed by atoms with E-state index in [4.69, 9.17) is 27.9 Å². The molecule has 2 heterocycles. The molecule has 1 amide bonds. The van der Waals surface area contributed by atoms with E-state index in [1.165, 1.54) is 6.07 Å². The van der Waals surface area contributed by atoms with E-state index >= 15 is 4.39 Å². The molecule has 2 aromatic rings. The summed E-state index contributed by atoms with van der Waals surface area (Å²) in [6.07, 6.45) is 2.56. The van der Waals surface area contributed by atoms with Crippen LogP contribution in [0.15, 0.2) is 36.4 Å². The number of Topliss-reactive ketones (excluding diaryl/α,β-unsaturated/α-hetero) is 1. The zero-order chi connectivity index (χ0) is 30.0. The maximum atomic E-state index is 16.1. The maximum Gasteiger partial charge on any atom is 0.236 e. The summed E-state index contributed by atoms with van der Waals surface area (Å²) < 4.78 is 21.7. The number of benzene rings is 2. The molecule has 2 saturated carbocycles. The summed E-state index contributed by atoms with van der Waals surface area (Å²) in [5.41, 5.74) is -0.0480. The van der Waals surface area contributed by atoms with Gasteiger partial charge in [0.25, 0.3) is 0 Å². The molecule has 6 nitrogen and oxygen atoms in total. The number of ketones is 1. The van der Waals surface area contributed by atoms with E-state index in [2.05, 4.69) is 19.2 Å². The van der Waals surface area contributed by atoms with Crippen molar-refractivity contribution in [3.05, 3.63) is 63.4 Å². The number of aliphatic hydroxyl groups is 2. The van der Waals surface area contributed by atoms with Gasteiger partial charge in [0.1, 0.15) is 17.7 Å². The summed E-state index contributed by atoms with van der Waals surface area (Å²) in [4.78, 5) is 29.0. The van der Waals surface area contributed by atoms with Gasteiger partial charge >= 0.3 is 0 Å². The quantitative estimate of drug-likeness (QED) is 0.359. The van der Waals surface area contributed by atoms with Crippen molar-refractivity contribution >= 4 is 40.6 Å². The third-order valence-corrected chi connectivity index (χ3v) is 11.4. The second-order valence-corrected chi connectivity index (χ2v) is 14.6. The van der Waals surface area contributed by atoms with Crippen molar-refractivity contribution in [1.82, 2.24) is 0 Å². The molecule has 2 spiro atoms. The Labute approximate surface area is 255 Å². The number of amides is 1. The minimum Gasteiger partial charge on any atom is -0.394 e. The van der Waals surface area contributed by atoms with E-state index in [9.17, 15) is 19.8 Å². The number of hydrogen-bond donors (Lipinski definition) is 3. The van der Waals surface area contributed by atoms with E-state index in [1.807, 2.05) is 6.07 Å². The Hall–Kier alpha value is -2.03. The van der Waals surface area contributed by atoms with Gasteiger partial charge in [0, 0.05) is 29.0 Å². The van der Waals surface area contributed by atoms with Gasteiger partial charge in [-0.1, -0.05) is 55.2 Å². The lowest BCUT2D eigenvalue weighted by atomic mass is 9.51. The number of anilines is 1. The number of aliphatic hydroxyl groups excluding tert-OH is 2. The Kier molecular flexibility index (Phi) is 7.75. The Bertz CT molecular complexity index is 1400. The van der Waals surface area contributed by atoms with Crippen LogP contribution >= 0.6 is 23.2 Å². The van der Waals surface area contributed by atoms with Crippen molar-refractivity contribution < 1.29 is 28.9 Å². The number of halogens is 3. The topological polar surface area (TPSA) is 95.9 Å². The molecule has 2 aromatic carbocycles. The molecule has 0 radical (unpaired) electrons. The summed E-state index contributed by atoms with van der Waals surface area (Å²) in [5, 5.41) is 23.5. The summed E-state index contributed by atoms with van der Waals surface area (Å²) in [5.74, 6) is -2.58. The highest BCUT2D eigenvalue weighted by Crippen LogP contribution is 2.72. The molecule has 6 atom stereocenters. The molecular weight excluding hydrogens is 580 g/mol. The molecular formula is C33H38Cl2FNO5. The monoisotopic (exact) mass is 617 g/mol. The molecule has 2 aliphatic heterocycles. The third-order valence-electron chi connectivity index (χ3n) is 10.8. The van der Waals surface area contributed by atoms with Crippen LogP contribution in [0.2, 0.25) is 10.0 Å². The summed E-state index contributed by atoms with van der Waals surface area (Å²) >= 11 is 12.7. The van der Waals surface area contributed by atoms with Crippen molar-refractivity contribution in [2.75, 3.05) is 18.5 Å². The van der Waals surface area contributed by atoms with Crippen molar-refractivity contribution in [1.29, 1.82) is 0 Å². The number of carbonyl (C=O) groups is 2. The molecule has 2 aliphatic carbocycles. The summed E-state index contributed by atoms with van der Waals surface area (Å²) in [7, 11) is 0. The summed E-state index contributed by atoms with van der Waals surface area (Å²) in [6, 6.07) is 10.2. The fraction of sp³-hybridized carbons (Fsp3) is 0.576. The van der Waals surface area contributed by atoms with Crippen LogP contribution < -0.4 is 5.32 Å². The molecule has 3 N–H and O–H groups in total. The fourth-order valence-electron chi connectivity index (χ4n) is 8.67. The molecule has 0 unspecified atom stereocenters. The zero-order valence-electron chi connectivity index (χ0n) is 24.0. The van der Waals surface area contributed by atoms with Crippen molar-refractivity contribution in [3.8, 4) is 0 Å². The first-order chi connectivity index (χ1) is 19.9. The predicted molar refractivity (Wildman–Crippen MR) is 159 cm³/mol. The Morgan fingerprint density at radius 3 is 2.57 bits per heavy atom. The van der Waals surface area contributed by atoms with Crippen LogP contribution in [0.3, 0.4) is 0 Å². The van der Waals surface area contributed by atoms with E-state index in [-0.39, 0.29) is 53.2 Å². The Morgan fingerprint density at radius 2 is 1.88 bits per heavy atom. The van der Waals surface area contributed by atoms with E-state index in [0.717, 1.165) is 31.2 Å². The number of carbonyl (C=O) groups excluding carboxylic acids is 2.